The maximum Gasteiger partial charge on any atom is 0.270 e. The molecule has 0 saturated heterocycles. The van der Waals surface area contributed by atoms with E-state index in [0.717, 1.165) is 27.2 Å². The molecular weight excluding hydrogens is 320 g/mol. The van der Waals surface area contributed by atoms with E-state index >= 15 is 0 Å². The number of nitro benzene ring substituents is 1. The number of aromatic nitrogens is 1. The fourth-order valence-electron chi connectivity index (χ4n) is 3.18. The standard InChI is InChI=1S/C19H15N2O4/c1-24-18-10-12-7-8-20-16-6-4-14(21(22)23)9-13(16)3-5-17(20)15(12)11-19(18)25-2/h3-11H,1-2H3/q+1. The molecule has 0 bridgehead atoms. The summed E-state index contributed by atoms with van der Waals surface area (Å²) in [6.07, 6.45) is 1.96. The second-order valence-corrected chi connectivity index (χ2v) is 5.70. The van der Waals surface area contributed by atoms with Crippen LogP contribution in [0.2, 0.25) is 0 Å². The maximum atomic E-state index is 11.0. The summed E-state index contributed by atoms with van der Waals surface area (Å²) >= 11 is 0. The molecule has 2 aromatic heterocycles. The van der Waals surface area contributed by atoms with Gasteiger partial charge in [0, 0.05) is 30.3 Å². The lowest BCUT2D eigenvalue weighted by Gasteiger charge is -2.09. The number of benzene rings is 2. The molecule has 0 fully saturated rings. The summed E-state index contributed by atoms with van der Waals surface area (Å²) in [6, 6.07) is 14.6. The molecule has 0 radical (unpaired) electrons. The first-order valence-electron chi connectivity index (χ1n) is 7.69. The summed E-state index contributed by atoms with van der Waals surface area (Å²) in [5.41, 5.74) is 1.97. The Bertz CT molecular complexity index is 1150. The van der Waals surface area contributed by atoms with E-state index in [0.29, 0.717) is 11.5 Å². The first kappa shape index (κ1) is 15.1. The molecule has 6 heteroatoms. The van der Waals surface area contributed by atoms with Gasteiger partial charge in [-0.3, -0.25) is 10.1 Å². The zero-order valence-corrected chi connectivity index (χ0v) is 13.7. The van der Waals surface area contributed by atoms with Crippen LogP contribution in [0.3, 0.4) is 0 Å². The van der Waals surface area contributed by atoms with Gasteiger partial charge in [-0.1, -0.05) is 0 Å². The number of hydrogen-bond acceptors (Lipinski definition) is 4. The van der Waals surface area contributed by atoms with Crippen molar-refractivity contribution in [1.29, 1.82) is 0 Å². The predicted molar refractivity (Wildman–Crippen MR) is 94.4 cm³/mol. The van der Waals surface area contributed by atoms with E-state index < -0.39 is 0 Å². The lowest BCUT2D eigenvalue weighted by atomic mass is 10.1. The van der Waals surface area contributed by atoms with Crippen molar-refractivity contribution in [2.75, 3.05) is 14.2 Å². The quantitative estimate of drug-likeness (QED) is 0.248. The molecule has 0 atom stereocenters. The fourth-order valence-corrected chi connectivity index (χ4v) is 3.18. The zero-order chi connectivity index (χ0) is 17.6. The zero-order valence-electron chi connectivity index (χ0n) is 13.7. The summed E-state index contributed by atoms with van der Waals surface area (Å²) in [6.45, 7) is 0. The monoisotopic (exact) mass is 335 g/mol. The number of fused-ring (bicyclic) bond motifs is 5. The Kier molecular flexibility index (Phi) is 3.39. The number of nitrogens with zero attached hydrogens (tertiary/aromatic N) is 2. The van der Waals surface area contributed by atoms with Crippen molar-refractivity contribution >= 4 is 32.9 Å². The van der Waals surface area contributed by atoms with Crippen LogP contribution < -0.4 is 13.9 Å². The highest BCUT2D eigenvalue weighted by molar-refractivity contribution is 5.97. The van der Waals surface area contributed by atoms with Crippen LogP contribution in [-0.2, 0) is 0 Å². The number of pyridine rings is 2. The lowest BCUT2D eigenvalue weighted by Crippen LogP contribution is -2.22. The SMILES string of the molecule is COc1cc2cc[n+]3c4ccc([N+](=O)[O-])cc4ccc3c2cc1OC. The van der Waals surface area contributed by atoms with Crippen LogP contribution in [0.4, 0.5) is 5.69 Å². The number of non-ortho nitro benzene ring substituents is 1. The van der Waals surface area contributed by atoms with Crippen LogP contribution in [0.1, 0.15) is 0 Å². The Morgan fingerprint density at radius 3 is 2.32 bits per heavy atom. The third-order valence-electron chi connectivity index (χ3n) is 4.40. The van der Waals surface area contributed by atoms with Gasteiger partial charge in [0.15, 0.2) is 17.7 Å². The average Bonchev–Trinajstić information content (AvgIpc) is 2.65. The van der Waals surface area contributed by atoms with Gasteiger partial charge >= 0.3 is 0 Å². The molecule has 0 N–H and O–H groups in total. The Morgan fingerprint density at radius 2 is 1.60 bits per heavy atom. The molecule has 4 aromatic rings. The van der Waals surface area contributed by atoms with Gasteiger partial charge in [-0.25, -0.2) is 0 Å². The van der Waals surface area contributed by atoms with Gasteiger partial charge in [0.1, 0.15) is 0 Å². The van der Waals surface area contributed by atoms with Crippen molar-refractivity contribution in [1.82, 2.24) is 0 Å². The summed E-state index contributed by atoms with van der Waals surface area (Å²) in [7, 11) is 3.22. The van der Waals surface area contributed by atoms with Crippen molar-refractivity contribution < 1.29 is 18.8 Å². The van der Waals surface area contributed by atoms with E-state index in [1.165, 1.54) is 6.07 Å². The van der Waals surface area contributed by atoms with E-state index in [1.54, 1.807) is 26.4 Å². The summed E-state index contributed by atoms with van der Waals surface area (Å²) in [5.74, 6) is 1.34. The van der Waals surface area contributed by atoms with Crippen LogP contribution >= 0.6 is 0 Å². The molecule has 0 amide bonds. The Morgan fingerprint density at radius 1 is 0.880 bits per heavy atom. The average molecular weight is 335 g/mol. The summed E-state index contributed by atoms with van der Waals surface area (Å²) in [4.78, 5) is 10.6. The molecule has 0 saturated carbocycles. The molecular formula is C19H15N2O4+. The number of hydrogen-bond donors (Lipinski definition) is 0. The molecule has 0 aliphatic heterocycles. The maximum absolute atomic E-state index is 11.0. The predicted octanol–water partition coefficient (Wildman–Crippen LogP) is 3.66. The Labute approximate surface area is 143 Å². The first-order chi connectivity index (χ1) is 12.1. The van der Waals surface area contributed by atoms with Gasteiger partial charge in [0.25, 0.3) is 5.69 Å². The van der Waals surface area contributed by atoms with Gasteiger partial charge in [-0.05, 0) is 23.6 Å². The molecule has 2 heterocycles. The fraction of sp³-hybridized carbons (Fsp3) is 0.105. The van der Waals surface area contributed by atoms with Crippen LogP contribution in [-0.4, -0.2) is 19.1 Å². The highest BCUT2D eigenvalue weighted by Gasteiger charge is 2.17. The van der Waals surface area contributed by atoms with Crippen molar-refractivity contribution in [3.05, 3.63) is 64.8 Å². The Balaban J connectivity index is 2.07. The van der Waals surface area contributed by atoms with Gasteiger partial charge in [-0.15, -0.1) is 0 Å². The minimum Gasteiger partial charge on any atom is -0.493 e. The van der Waals surface area contributed by atoms with E-state index in [4.69, 9.17) is 9.47 Å². The molecule has 25 heavy (non-hydrogen) atoms. The van der Waals surface area contributed by atoms with Gasteiger partial charge in [0.05, 0.1) is 29.9 Å². The van der Waals surface area contributed by atoms with Gasteiger partial charge in [0.2, 0.25) is 11.0 Å². The van der Waals surface area contributed by atoms with Crippen LogP contribution in [0.5, 0.6) is 11.5 Å². The normalized spacial score (nSPS) is 11.1. The topological polar surface area (TPSA) is 65.7 Å². The summed E-state index contributed by atoms with van der Waals surface area (Å²) in [5, 5.41) is 13.8. The molecule has 0 spiro atoms. The van der Waals surface area contributed by atoms with E-state index in [-0.39, 0.29) is 10.6 Å². The molecule has 2 aromatic carbocycles. The second kappa shape index (κ2) is 5.59. The van der Waals surface area contributed by atoms with E-state index in [2.05, 4.69) is 0 Å². The number of methoxy groups -OCH3 is 2. The van der Waals surface area contributed by atoms with Crippen LogP contribution in [0, 0.1) is 10.1 Å². The Hall–Kier alpha value is -3.41. The third-order valence-corrected chi connectivity index (χ3v) is 4.40. The van der Waals surface area contributed by atoms with E-state index in [9.17, 15) is 10.1 Å². The van der Waals surface area contributed by atoms with Crippen molar-refractivity contribution in [2.45, 2.75) is 0 Å². The molecule has 6 nitrogen and oxygen atoms in total. The van der Waals surface area contributed by atoms with Gasteiger partial charge < -0.3 is 9.47 Å². The van der Waals surface area contributed by atoms with Crippen LogP contribution in [0.15, 0.2) is 54.7 Å². The first-order valence-corrected chi connectivity index (χ1v) is 7.69. The highest BCUT2D eigenvalue weighted by atomic mass is 16.6. The molecule has 0 unspecified atom stereocenters. The largest absolute Gasteiger partial charge is 0.493 e. The molecule has 4 rings (SSSR count). The van der Waals surface area contributed by atoms with Crippen molar-refractivity contribution in [3.63, 3.8) is 0 Å². The smallest absolute Gasteiger partial charge is 0.270 e. The number of ether oxygens (including phenoxy) is 2. The second-order valence-electron chi connectivity index (χ2n) is 5.70. The minimum atomic E-state index is -0.383. The number of rotatable bonds is 3. The van der Waals surface area contributed by atoms with Crippen molar-refractivity contribution in [3.8, 4) is 11.5 Å². The highest BCUT2D eigenvalue weighted by Crippen LogP contribution is 2.33. The van der Waals surface area contributed by atoms with E-state index in [1.807, 2.05) is 40.9 Å². The number of nitro groups is 1. The van der Waals surface area contributed by atoms with Crippen molar-refractivity contribution in [2.24, 2.45) is 0 Å². The minimum absolute atomic E-state index is 0.0830. The third kappa shape index (κ3) is 2.30. The molecule has 0 aliphatic rings. The summed E-state index contributed by atoms with van der Waals surface area (Å²) < 4.78 is 12.8. The molecule has 124 valence electrons. The van der Waals surface area contributed by atoms with Crippen LogP contribution in [0.25, 0.3) is 27.2 Å². The van der Waals surface area contributed by atoms with Gasteiger partial charge in [-0.2, -0.15) is 4.40 Å². The lowest BCUT2D eigenvalue weighted by molar-refractivity contribution is -0.480. The molecule has 0 aliphatic carbocycles.